The molecule has 0 fully saturated rings. The standard InChI is InChI=1S/C26H29N3O3/c1-7-11-19(8-2)25(29(5)6)28-24-20(16-30)14-17(3)15-22(24)18(4)27-23-13-10-9-12-21(23)26(31)32/h7-16,18,27H,1-2H2,3-6H3,(H,31,32)/b19-11+,28-25?. The summed E-state index contributed by atoms with van der Waals surface area (Å²) < 4.78 is 0. The molecule has 0 radical (unpaired) electrons. The van der Waals surface area contributed by atoms with Crippen LogP contribution >= 0.6 is 0 Å². The number of benzene rings is 2. The van der Waals surface area contributed by atoms with Crippen LogP contribution in [-0.2, 0) is 0 Å². The monoisotopic (exact) mass is 431 g/mol. The third kappa shape index (κ3) is 5.60. The van der Waals surface area contributed by atoms with E-state index < -0.39 is 5.97 Å². The molecule has 2 aromatic carbocycles. The van der Waals surface area contributed by atoms with Crippen LogP contribution in [-0.4, -0.2) is 42.2 Å². The van der Waals surface area contributed by atoms with Crippen LogP contribution in [0.2, 0.25) is 0 Å². The van der Waals surface area contributed by atoms with E-state index in [1.54, 1.807) is 48.6 Å². The number of rotatable bonds is 9. The zero-order chi connectivity index (χ0) is 23.8. The highest BCUT2D eigenvalue weighted by molar-refractivity contribution is 6.03. The van der Waals surface area contributed by atoms with Crippen LogP contribution in [0.1, 0.15) is 44.8 Å². The molecule has 0 aromatic heterocycles. The van der Waals surface area contributed by atoms with Gasteiger partial charge in [0, 0.05) is 36.5 Å². The highest BCUT2D eigenvalue weighted by Gasteiger charge is 2.19. The number of aliphatic imine (C=N–C) groups is 1. The number of hydrogen-bond donors (Lipinski definition) is 2. The van der Waals surface area contributed by atoms with Gasteiger partial charge in [-0.3, -0.25) is 4.79 Å². The van der Waals surface area contributed by atoms with Crippen molar-refractivity contribution >= 4 is 29.5 Å². The molecule has 2 N–H and O–H groups in total. The molecule has 0 spiro atoms. The number of carbonyl (C=O) groups excluding carboxylic acids is 1. The maximum absolute atomic E-state index is 11.9. The first-order valence-electron chi connectivity index (χ1n) is 10.1. The number of aromatic carboxylic acids is 1. The van der Waals surface area contributed by atoms with Crippen molar-refractivity contribution in [2.75, 3.05) is 19.4 Å². The lowest BCUT2D eigenvalue weighted by Gasteiger charge is -2.22. The first-order chi connectivity index (χ1) is 15.2. The highest BCUT2D eigenvalue weighted by Crippen LogP contribution is 2.34. The molecule has 0 aliphatic heterocycles. The Morgan fingerprint density at radius 1 is 1.22 bits per heavy atom. The summed E-state index contributed by atoms with van der Waals surface area (Å²) >= 11 is 0. The smallest absolute Gasteiger partial charge is 0.337 e. The van der Waals surface area contributed by atoms with Crippen molar-refractivity contribution in [2.45, 2.75) is 19.9 Å². The van der Waals surface area contributed by atoms with Crippen LogP contribution in [0.5, 0.6) is 0 Å². The summed E-state index contributed by atoms with van der Waals surface area (Å²) in [5, 5.41) is 12.8. The molecule has 0 aliphatic rings. The maximum Gasteiger partial charge on any atom is 0.337 e. The summed E-state index contributed by atoms with van der Waals surface area (Å²) in [5.74, 6) is -0.400. The predicted octanol–water partition coefficient (Wildman–Crippen LogP) is 5.57. The van der Waals surface area contributed by atoms with Crippen molar-refractivity contribution in [1.82, 2.24) is 4.90 Å². The molecule has 0 saturated carbocycles. The number of anilines is 1. The summed E-state index contributed by atoms with van der Waals surface area (Å²) in [7, 11) is 3.72. The SMILES string of the molecule is C=C/C=C(\C=C)C(=Nc1c(C=O)cc(C)cc1C(C)Nc1ccccc1C(=O)O)N(C)C. The number of aryl methyl sites for hydroxylation is 1. The van der Waals surface area contributed by atoms with Gasteiger partial charge in [0.25, 0.3) is 0 Å². The topological polar surface area (TPSA) is 82.0 Å². The van der Waals surface area contributed by atoms with Crippen molar-refractivity contribution in [3.63, 3.8) is 0 Å². The lowest BCUT2D eigenvalue weighted by molar-refractivity contribution is 0.0697. The lowest BCUT2D eigenvalue weighted by Crippen LogP contribution is -2.23. The fourth-order valence-electron chi connectivity index (χ4n) is 3.38. The predicted molar refractivity (Wildman–Crippen MR) is 131 cm³/mol. The Balaban J connectivity index is 2.69. The van der Waals surface area contributed by atoms with Crippen LogP contribution in [0, 0.1) is 6.92 Å². The minimum absolute atomic E-state index is 0.171. The first-order valence-corrected chi connectivity index (χ1v) is 10.1. The quantitative estimate of drug-likeness (QED) is 0.235. The lowest BCUT2D eigenvalue weighted by atomic mass is 9.98. The minimum atomic E-state index is -1.02. The Morgan fingerprint density at radius 3 is 2.47 bits per heavy atom. The van der Waals surface area contributed by atoms with Crippen molar-refractivity contribution in [2.24, 2.45) is 4.99 Å². The van der Waals surface area contributed by atoms with E-state index in [9.17, 15) is 14.7 Å². The van der Waals surface area contributed by atoms with Gasteiger partial charge in [0.05, 0.1) is 17.3 Å². The van der Waals surface area contributed by atoms with E-state index in [2.05, 4.69) is 18.5 Å². The zero-order valence-corrected chi connectivity index (χ0v) is 18.9. The number of nitrogens with one attached hydrogen (secondary N) is 1. The van der Waals surface area contributed by atoms with Crippen LogP contribution in [0.3, 0.4) is 0 Å². The van der Waals surface area contributed by atoms with Crippen LogP contribution in [0.25, 0.3) is 0 Å². The number of allylic oxidation sites excluding steroid dienone is 2. The molecular formula is C26H29N3O3. The summed E-state index contributed by atoms with van der Waals surface area (Å²) in [6.07, 6.45) is 5.91. The molecule has 2 rings (SSSR count). The maximum atomic E-state index is 11.9. The van der Waals surface area contributed by atoms with Gasteiger partial charge in [-0.05, 0) is 37.6 Å². The fourth-order valence-corrected chi connectivity index (χ4v) is 3.38. The van der Waals surface area contributed by atoms with Gasteiger partial charge in [-0.15, -0.1) is 0 Å². The molecule has 0 amide bonds. The van der Waals surface area contributed by atoms with Gasteiger partial charge in [0.15, 0.2) is 6.29 Å². The van der Waals surface area contributed by atoms with E-state index in [-0.39, 0.29) is 11.6 Å². The minimum Gasteiger partial charge on any atom is -0.478 e. The Hall–Kier alpha value is -3.93. The van der Waals surface area contributed by atoms with Gasteiger partial charge in [0.1, 0.15) is 5.84 Å². The highest BCUT2D eigenvalue weighted by atomic mass is 16.4. The molecule has 32 heavy (non-hydrogen) atoms. The first kappa shape index (κ1) is 24.3. The Bertz CT molecular complexity index is 1100. The molecule has 1 atom stereocenters. The summed E-state index contributed by atoms with van der Waals surface area (Å²) in [5.41, 5.74) is 4.05. The van der Waals surface area contributed by atoms with Gasteiger partial charge < -0.3 is 15.3 Å². The van der Waals surface area contributed by atoms with E-state index in [0.717, 1.165) is 23.0 Å². The van der Waals surface area contributed by atoms with E-state index in [1.165, 1.54) is 0 Å². The van der Waals surface area contributed by atoms with Crippen molar-refractivity contribution in [3.8, 4) is 0 Å². The fraction of sp³-hybridized carbons (Fsp3) is 0.192. The summed E-state index contributed by atoms with van der Waals surface area (Å²) in [4.78, 5) is 30.2. The number of carbonyl (C=O) groups is 2. The molecule has 2 aromatic rings. The van der Waals surface area contributed by atoms with Gasteiger partial charge in [-0.1, -0.05) is 49.6 Å². The van der Waals surface area contributed by atoms with Crippen LogP contribution in [0.4, 0.5) is 11.4 Å². The third-order valence-corrected chi connectivity index (χ3v) is 4.85. The molecule has 6 heteroatoms. The van der Waals surface area contributed by atoms with Crippen LogP contribution < -0.4 is 5.32 Å². The number of carboxylic acid groups (broad SMARTS) is 1. The Kier molecular flexibility index (Phi) is 8.30. The van der Waals surface area contributed by atoms with Crippen molar-refractivity contribution < 1.29 is 14.7 Å². The largest absolute Gasteiger partial charge is 0.478 e. The molecule has 0 aliphatic carbocycles. The van der Waals surface area contributed by atoms with E-state index in [1.807, 2.05) is 38.9 Å². The second-order valence-electron chi connectivity index (χ2n) is 7.52. The normalized spacial score (nSPS) is 12.6. The number of likely N-dealkylation sites (N-methyl/N-ethyl adjacent to an activating group) is 1. The van der Waals surface area contributed by atoms with E-state index >= 15 is 0 Å². The molecule has 0 bridgehead atoms. The van der Waals surface area contributed by atoms with Gasteiger partial charge in [-0.2, -0.15) is 0 Å². The molecule has 1 unspecified atom stereocenters. The molecule has 6 nitrogen and oxygen atoms in total. The van der Waals surface area contributed by atoms with Gasteiger partial charge >= 0.3 is 5.97 Å². The van der Waals surface area contributed by atoms with Gasteiger partial charge in [-0.25, -0.2) is 9.79 Å². The zero-order valence-electron chi connectivity index (χ0n) is 18.9. The number of carboxylic acids is 1. The number of aldehydes is 1. The Labute approximate surface area is 189 Å². The van der Waals surface area contributed by atoms with Crippen LogP contribution in [0.15, 0.2) is 78.3 Å². The Morgan fingerprint density at radius 2 is 1.91 bits per heavy atom. The third-order valence-electron chi connectivity index (χ3n) is 4.85. The molecule has 0 heterocycles. The number of hydrogen-bond acceptors (Lipinski definition) is 4. The van der Waals surface area contributed by atoms with Crippen molar-refractivity contribution in [3.05, 3.63) is 95.6 Å². The molecule has 166 valence electrons. The van der Waals surface area contributed by atoms with Crippen molar-refractivity contribution in [1.29, 1.82) is 0 Å². The number of para-hydroxylation sites is 1. The number of amidine groups is 1. The summed E-state index contributed by atoms with van der Waals surface area (Å²) in [6.45, 7) is 11.4. The second-order valence-corrected chi connectivity index (χ2v) is 7.52. The average molecular weight is 432 g/mol. The second kappa shape index (κ2) is 10.9. The van der Waals surface area contributed by atoms with Gasteiger partial charge in [0.2, 0.25) is 0 Å². The average Bonchev–Trinajstić information content (AvgIpc) is 2.76. The summed E-state index contributed by atoms with van der Waals surface area (Å²) in [6, 6.07) is 10.1. The molecular weight excluding hydrogens is 402 g/mol. The molecule has 0 saturated heterocycles. The van der Waals surface area contributed by atoms with E-state index in [0.29, 0.717) is 22.8 Å². The number of nitrogens with zero attached hydrogens (tertiary/aromatic N) is 2. The van der Waals surface area contributed by atoms with E-state index in [4.69, 9.17) is 4.99 Å².